The maximum atomic E-state index is 12.3. The molecule has 0 radical (unpaired) electrons. The normalized spacial score (nSPS) is 16.0. The molecule has 0 fully saturated rings. The van der Waals surface area contributed by atoms with Gasteiger partial charge in [-0.3, -0.25) is 19.5 Å². The zero-order chi connectivity index (χ0) is 16.7. The molecule has 3 aromatic rings. The lowest BCUT2D eigenvalue weighted by Crippen LogP contribution is -2.23. The van der Waals surface area contributed by atoms with Crippen molar-refractivity contribution >= 4 is 50.4 Å². The van der Waals surface area contributed by atoms with Crippen molar-refractivity contribution in [1.29, 1.82) is 0 Å². The maximum absolute atomic E-state index is 12.3. The van der Waals surface area contributed by atoms with Gasteiger partial charge in [-0.15, -0.1) is 0 Å². The average Bonchev–Trinajstić information content (AvgIpc) is 3.06. The van der Waals surface area contributed by atoms with Gasteiger partial charge in [0.05, 0.1) is 17.5 Å². The van der Waals surface area contributed by atoms with Crippen molar-refractivity contribution in [3.05, 3.63) is 53.0 Å². The van der Waals surface area contributed by atoms with Crippen LogP contribution in [0.15, 0.2) is 53.0 Å². The Balaban J connectivity index is 1.58. The predicted octanol–water partition coefficient (Wildman–Crippen LogP) is 3.32. The molecule has 7 heteroatoms. The number of imidazole rings is 1. The standard InChI is InChI=1S/C17H13BrN4O2/c18-10-5-7-11(8-6-10)19-15(23)9-14-16(24)21-17-20-12-3-1-2-4-13(12)22(14)17/h1-8,14H,9H2,(H,19,23)(H,20,21,24)/t14-/m1/s1. The van der Waals surface area contributed by atoms with Gasteiger partial charge < -0.3 is 5.32 Å². The molecule has 2 aromatic carbocycles. The van der Waals surface area contributed by atoms with Gasteiger partial charge in [-0.1, -0.05) is 28.1 Å². The average molecular weight is 385 g/mol. The summed E-state index contributed by atoms with van der Waals surface area (Å²) in [7, 11) is 0. The number of rotatable bonds is 3. The van der Waals surface area contributed by atoms with Gasteiger partial charge in [0, 0.05) is 10.2 Å². The van der Waals surface area contributed by atoms with Crippen molar-refractivity contribution in [2.75, 3.05) is 10.6 Å². The summed E-state index contributed by atoms with van der Waals surface area (Å²) in [6.45, 7) is 0. The fourth-order valence-corrected chi connectivity index (χ4v) is 3.13. The number of amides is 2. The molecule has 0 aliphatic carbocycles. The summed E-state index contributed by atoms with van der Waals surface area (Å²) >= 11 is 3.35. The van der Waals surface area contributed by atoms with Gasteiger partial charge in [0.2, 0.25) is 17.8 Å². The van der Waals surface area contributed by atoms with Gasteiger partial charge >= 0.3 is 0 Å². The first-order valence-electron chi connectivity index (χ1n) is 7.45. The first kappa shape index (κ1) is 14.9. The molecule has 120 valence electrons. The summed E-state index contributed by atoms with van der Waals surface area (Å²) < 4.78 is 2.73. The highest BCUT2D eigenvalue weighted by Crippen LogP contribution is 2.32. The van der Waals surface area contributed by atoms with Crippen LogP contribution in [-0.2, 0) is 9.59 Å². The van der Waals surface area contributed by atoms with E-state index in [0.29, 0.717) is 11.6 Å². The Labute approximate surface area is 146 Å². The number of fused-ring (bicyclic) bond motifs is 3. The minimum atomic E-state index is -0.595. The van der Waals surface area contributed by atoms with E-state index in [1.807, 2.05) is 36.4 Å². The lowest BCUT2D eigenvalue weighted by atomic mass is 10.1. The number of anilines is 2. The number of aromatic nitrogens is 2. The van der Waals surface area contributed by atoms with Gasteiger partial charge in [0.15, 0.2) is 0 Å². The van der Waals surface area contributed by atoms with E-state index in [1.165, 1.54) is 0 Å². The van der Waals surface area contributed by atoms with Gasteiger partial charge in [-0.05, 0) is 36.4 Å². The third kappa shape index (κ3) is 2.56. The van der Waals surface area contributed by atoms with E-state index >= 15 is 0 Å². The van der Waals surface area contributed by atoms with Crippen molar-refractivity contribution in [3.63, 3.8) is 0 Å². The lowest BCUT2D eigenvalue weighted by Gasteiger charge is -2.12. The Kier molecular flexibility index (Phi) is 3.57. The highest BCUT2D eigenvalue weighted by molar-refractivity contribution is 9.10. The zero-order valence-corrected chi connectivity index (χ0v) is 14.1. The van der Waals surface area contributed by atoms with Crippen LogP contribution in [0.1, 0.15) is 12.5 Å². The number of carbonyl (C=O) groups excluding carboxylic acids is 2. The highest BCUT2D eigenvalue weighted by atomic mass is 79.9. The number of nitrogens with zero attached hydrogens (tertiary/aromatic N) is 2. The molecule has 0 saturated heterocycles. The molecule has 1 atom stereocenters. The summed E-state index contributed by atoms with van der Waals surface area (Å²) in [6.07, 6.45) is 0.0508. The molecule has 0 saturated carbocycles. The van der Waals surface area contributed by atoms with Crippen LogP contribution in [-0.4, -0.2) is 21.4 Å². The fraction of sp³-hybridized carbons (Fsp3) is 0.118. The Hall–Kier alpha value is -2.67. The number of benzene rings is 2. The molecule has 1 aliphatic rings. The van der Waals surface area contributed by atoms with E-state index in [1.54, 1.807) is 16.7 Å². The summed E-state index contributed by atoms with van der Waals surface area (Å²) in [6, 6.07) is 14.3. The number of halogens is 1. The number of carbonyl (C=O) groups is 2. The summed E-state index contributed by atoms with van der Waals surface area (Å²) in [5.74, 6) is 0.0555. The lowest BCUT2D eigenvalue weighted by molar-refractivity contribution is -0.123. The second-order valence-corrected chi connectivity index (χ2v) is 6.47. The number of hydrogen-bond donors (Lipinski definition) is 2. The molecule has 2 N–H and O–H groups in total. The molecule has 24 heavy (non-hydrogen) atoms. The van der Waals surface area contributed by atoms with Crippen LogP contribution >= 0.6 is 15.9 Å². The first-order valence-corrected chi connectivity index (χ1v) is 8.24. The van der Waals surface area contributed by atoms with Crippen LogP contribution in [0.4, 0.5) is 11.6 Å². The van der Waals surface area contributed by atoms with Gasteiger partial charge in [0.1, 0.15) is 6.04 Å². The minimum absolute atomic E-state index is 0.0508. The first-order chi connectivity index (χ1) is 11.6. The molecule has 0 unspecified atom stereocenters. The maximum Gasteiger partial charge on any atom is 0.250 e. The molecular formula is C17H13BrN4O2. The largest absolute Gasteiger partial charge is 0.326 e. The van der Waals surface area contributed by atoms with E-state index in [0.717, 1.165) is 15.5 Å². The third-order valence-electron chi connectivity index (χ3n) is 3.95. The van der Waals surface area contributed by atoms with E-state index < -0.39 is 6.04 Å². The van der Waals surface area contributed by atoms with Crippen LogP contribution in [0.25, 0.3) is 11.0 Å². The zero-order valence-electron chi connectivity index (χ0n) is 12.5. The van der Waals surface area contributed by atoms with Crippen LogP contribution in [0.3, 0.4) is 0 Å². The van der Waals surface area contributed by atoms with Crippen molar-refractivity contribution in [3.8, 4) is 0 Å². The second kappa shape index (κ2) is 5.76. The highest BCUT2D eigenvalue weighted by Gasteiger charge is 2.34. The van der Waals surface area contributed by atoms with Gasteiger partial charge in [0.25, 0.3) is 0 Å². The molecule has 2 amide bonds. The van der Waals surface area contributed by atoms with E-state index in [4.69, 9.17) is 0 Å². The smallest absolute Gasteiger partial charge is 0.250 e. The minimum Gasteiger partial charge on any atom is -0.326 e. The molecular weight excluding hydrogens is 372 g/mol. The molecule has 0 bridgehead atoms. The molecule has 1 aliphatic heterocycles. The predicted molar refractivity (Wildman–Crippen MR) is 94.8 cm³/mol. The molecule has 6 nitrogen and oxygen atoms in total. The Morgan fingerprint density at radius 2 is 1.96 bits per heavy atom. The van der Waals surface area contributed by atoms with Crippen molar-refractivity contribution in [2.45, 2.75) is 12.5 Å². The third-order valence-corrected chi connectivity index (χ3v) is 4.48. The van der Waals surface area contributed by atoms with E-state index in [9.17, 15) is 9.59 Å². The molecule has 4 rings (SSSR count). The second-order valence-electron chi connectivity index (χ2n) is 5.56. The molecule has 1 aromatic heterocycles. The van der Waals surface area contributed by atoms with Crippen molar-refractivity contribution in [2.24, 2.45) is 0 Å². The SMILES string of the molecule is O=C(C[C@@H]1C(=O)Nc2nc3ccccc3n21)Nc1ccc(Br)cc1. The Morgan fingerprint density at radius 3 is 2.75 bits per heavy atom. The number of nitrogens with one attached hydrogen (secondary N) is 2. The van der Waals surface area contributed by atoms with Crippen LogP contribution in [0.5, 0.6) is 0 Å². The van der Waals surface area contributed by atoms with Crippen LogP contribution in [0.2, 0.25) is 0 Å². The molecule has 0 spiro atoms. The Bertz CT molecular complexity index is 949. The van der Waals surface area contributed by atoms with Crippen molar-refractivity contribution < 1.29 is 9.59 Å². The number of para-hydroxylation sites is 2. The Morgan fingerprint density at radius 1 is 1.21 bits per heavy atom. The monoisotopic (exact) mass is 384 g/mol. The van der Waals surface area contributed by atoms with E-state index in [2.05, 4.69) is 31.5 Å². The van der Waals surface area contributed by atoms with E-state index in [-0.39, 0.29) is 18.2 Å². The van der Waals surface area contributed by atoms with Crippen LogP contribution in [0, 0.1) is 0 Å². The quantitative estimate of drug-likeness (QED) is 0.726. The topological polar surface area (TPSA) is 76.0 Å². The van der Waals surface area contributed by atoms with Crippen LogP contribution < -0.4 is 10.6 Å². The molecule has 2 heterocycles. The summed E-state index contributed by atoms with van der Waals surface area (Å²) in [5.41, 5.74) is 2.33. The summed E-state index contributed by atoms with van der Waals surface area (Å²) in [5, 5.41) is 5.55. The van der Waals surface area contributed by atoms with Gasteiger partial charge in [-0.25, -0.2) is 4.98 Å². The summed E-state index contributed by atoms with van der Waals surface area (Å²) in [4.78, 5) is 28.9. The van der Waals surface area contributed by atoms with Crippen molar-refractivity contribution in [1.82, 2.24) is 9.55 Å². The fourth-order valence-electron chi connectivity index (χ4n) is 2.86. The number of hydrogen-bond acceptors (Lipinski definition) is 3. The van der Waals surface area contributed by atoms with Gasteiger partial charge in [-0.2, -0.15) is 0 Å².